The molecule has 0 atom stereocenters. The number of aromatic nitrogens is 2. The summed E-state index contributed by atoms with van der Waals surface area (Å²) in [5.74, 6) is -0.0134. The first kappa shape index (κ1) is 24.2. The van der Waals surface area contributed by atoms with Gasteiger partial charge in [-0.05, 0) is 42.8 Å². The number of halogens is 1. The minimum absolute atomic E-state index is 0.0590. The molecule has 32 heavy (non-hydrogen) atoms. The Bertz CT molecular complexity index is 1210. The SMILES string of the molecule is CCN(CC)S(=O)(=O)c1cccc(-c2nnc(SCC(=O)Nc3ccc(C)c(Cl)c3)o2)c1. The maximum absolute atomic E-state index is 12.8. The average molecular weight is 495 g/mol. The number of anilines is 1. The number of benzene rings is 2. The summed E-state index contributed by atoms with van der Waals surface area (Å²) < 4.78 is 32.5. The van der Waals surface area contributed by atoms with Crippen molar-refractivity contribution in [2.75, 3.05) is 24.2 Å². The average Bonchev–Trinajstić information content (AvgIpc) is 3.25. The van der Waals surface area contributed by atoms with E-state index in [1.165, 1.54) is 16.4 Å². The highest BCUT2D eigenvalue weighted by molar-refractivity contribution is 7.99. The topological polar surface area (TPSA) is 105 Å². The third-order valence-electron chi connectivity index (χ3n) is 4.61. The van der Waals surface area contributed by atoms with Crippen molar-refractivity contribution in [3.8, 4) is 11.5 Å². The Labute approximate surface area is 196 Å². The second kappa shape index (κ2) is 10.5. The summed E-state index contributed by atoms with van der Waals surface area (Å²) in [6, 6.07) is 11.6. The van der Waals surface area contributed by atoms with Gasteiger partial charge in [0.2, 0.25) is 21.8 Å². The molecular weight excluding hydrogens is 472 g/mol. The molecule has 0 aliphatic carbocycles. The molecular formula is C21H23ClN4O4S2. The van der Waals surface area contributed by atoms with Crippen molar-refractivity contribution in [1.82, 2.24) is 14.5 Å². The molecule has 0 bridgehead atoms. The van der Waals surface area contributed by atoms with Gasteiger partial charge in [-0.2, -0.15) is 4.31 Å². The largest absolute Gasteiger partial charge is 0.411 e. The van der Waals surface area contributed by atoms with Crippen molar-refractivity contribution in [2.45, 2.75) is 30.9 Å². The second-order valence-corrected chi connectivity index (χ2v) is 10.1. The van der Waals surface area contributed by atoms with Crippen LogP contribution in [0.3, 0.4) is 0 Å². The van der Waals surface area contributed by atoms with Gasteiger partial charge in [0.15, 0.2) is 0 Å². The van der Waals surface area contributed by atoms with Crippen molar-refractivity contribution in [2.24, 2.45) is 0 Å². The van der Waals surface area contributed by atoms with Gasteiger partial charge in [-0.3, -0.25) is 4.79 Å². The Morgan fingerprint density at radius 1 is 1.16 bits per heavy atom. The minimum Gasteiger partial charge on any atom is -0.411 e. The van der Waals surface area contributed by atoms with Crippen LogP contribution in [0, 0.1) is 6.92 Å². The summed E-state index contributed by atoms with van der Waals surface area (Å²) in [5.41, 5.74) is 2.01. The molecule has 0 aliphatic heterocycles. The zero-order chi connectivity index (χ0) is 23.3. The van der Waals surface area contributed by atoms with E-state index in [0.29, 0.717) is 29.4 Å². The molecule has 0 fully saturated rings. The van der Waals surface area contributed by atoms with Crippen LogP contribution >= 0.6 is 23.4 Å². The lowest BCUT2D eigenvalue weighted by molar-refractivity contribution is -0.113. The normalized spacial score (nSPS) is 11.7. The molecule has 3 aromatic rings. The number of aryl methyl sites for hydroxylation is 1. The molecule has 1 amide bonds. The van der Waals surface area contributed by atoms with Gasteiger partial charge >= 0.3 is 0 Å². The predicted octanol–water partition coefficient (Wildman–Crippen LogP) is 4.46. The number of amides is 1. The zero-order valence-electron chi connectivity index (χ0n) is 17.8. The van der Waals surface area contributed by atoms with Gasteiger partial charge in [-0.1, -0.05) is 49.3 Å². The molecule has 1 N–H and O–H groups in total. The van der Waals surface area contributed by atoms with Gasteiger partial charge < -0.3 is 9.73 Å². The zero-order valence-corrected chi connectivity index (χ0v) is 20.2. The predicted molar refractivity (Wildman–Crippen MR) is 125 cm³/mol. The summed E-state index contributed by atoms with van der Waals surface area (Å²) in [6.07, 6.45) is 0. The number of sulfonamides is 1. The number of thioether (sulfide) groups is 1. The third kappa shape index (κ3) is 5.69. The van der Waals surface area contributed by atoms with Crippen LogP contribution < -0.4 is 5.32 Å². The van der Waals surface area contributed by atoms with Crippen molar-refractivity contribution in [1.29, 1.82) is 0 Å². The molecule has 1 heterocycles. The minimum atomic E-state index is -3.61. The van der Waals surface area contributed by atoms with Gasteiger partial charge in [0.1, 0.15) is 0 Å². The number of hydrogen-bond donors (Lipinski definition) is 1. The molecule has 11 heteroatoms. The van der Waals surface area contributed by atoms with Crippen LogP contribution in [0.15, 0.2) is 57.0 Å². The first-order valence-electron chi connectivity index (χ1n) is 9.87. The van der Waals surface area contributed by atoms with Gasteiger partial charge in [0, 0.05) is 29.4 Å². The Kier molecular flexibility index (Phi) is 7.94. The summed E-state index contributed by atoms with van der Waals surface area (Å²) in [4.78, 5) is 12.4. The Balaban J connectivity index is 1.67. The fourth-order valence-corrected chi connectivity index (χ4v) is 5.13. The number of nitrogens with one attached hydrogen (secondary N) is 1. The number of nitrogens with zero attached hydrogens (tertiary/aromatic N) is 3. The molecule has 8 nitrogen and oxygen atoms in total. The monoisotopic (exact) mass is 494 g/mol. The van der Waals surface area contributed by atoms with Crippen LogP contribution in [-0.2, 0) is 14.8 Å². The van der Waals surface area contributed by atoms with Gasteiger partial charge in [-0.15, -0.1) is 10.2 Å². The van der Waals surface area contributed by atoms with Crippen LogP contribution in [0.5, 0.6) is 0 Å². The van der Waals surface area contributed by atoms with Crippen molar-refractivity contribution >= 4 is 45.0 Å². The Hall–Kier alpha value is -2.40. The first-order valence-corrected chi connectivity index (χ1v) is 12.7. The van der Waals surface area contributed by atoms with Crippen LogP contribution in [0.2, 0.25) is 5.02 Å². The highest BCUT2D eigenvalue weighted by Gasteiger charge is 2.22. The van der Waals surface area contributed by atoms with Crippen LogP contribution in [0.25, 0.3) is 11.5 Å². The van der Waals surface area contributed by atoms with Crippen LogP contribution in [0.1, 0.15) is 19.4 Å². The van der Waals surface area contributed by atoms with E-state index in [-0.39, 0.29) is 27.7 Å². The third-order valence-corrected chi connectivity index (χ3v) is 7.88. The lowest BCUT2D eigenvalue weighted by Crippen LogP contribution is -2.30. The Morgan fingerprint density at radius 2 is 1.91 bits per heavy atom. The van der Waals surface area contributed by atoms with Gasteiger partial charge in [0.25, 0.3) is 5.22 Å². The van der Waals surface area contributed by atoms with E-state index in [0.717, 1.165) is 17.3 Å². The quantitative estimate of drug-likeness (QED) is 0.438. The molecule has 2 aromatic carbocycles. The summed E-state index contributed by atoms with van der Waals surface area (Å²) >= 11 is 7.15. The van der Waals surface area contributed by atoms with Crippen molar-refractivity contribution in [3.05, 3.63) is 53.1 Å². The van der Waals surface area contributed by atoms with E-state index in [1.807, 2.05) is 13.0 Å². The smallest absolute Gasteiger partial charge is 0.277 e. The maximum Gasteiger partial charge on any atom is 0.277 e. The lowest BCUT2D eigenvalue weighted by Gasteiger charge is -2.18. The molecule has 0 saturated carbocycles. The summed E-state index contributed by atoms with van der Waals surface area (Å²) in [7, 11) is -3.61. The van der Waals surface area contributed by atoms with E-state index in [9.17, 15) is 13.2 Å². The molecule has 170 valence electrons. The second-order valence-electron chi connectivity index (χ2n) is 6.79. The highest BCUT2D eigenvalue weighted by atomic mass is 35.5. The highest BCUT2D eigenvalue weighted by Crippen LogP contribution is 2.26. The maximum atomic E-state index is 12.8. The molecule has 0 unspecified atom stereocenters. The summed E-state index contributed by atoms with van der Waals surface area (Å²) in [6.45, 7) is 6.21. The van der Waals surface area contributed by atoms with E-state index in [2.05, 4.69) is 15.5 Å². The van der Waals surface area contributed by atoms with E-state index in [4.69, 9.17) is 16.0 Å². The van der Waals surface area contributed by atoms with E-state index >= 15 is 0 Å². The van der Waals surface area contributed by atoms with Crippen LogP contribution in [0.4, 0.5) is 5.69 Å². The fourth-order valence-electron chi connectivity index (χ4n) is 2.88. The molecule has 0 spiro atoms. The van der Waals surface area contributed by atoms with E-state index < -0.39 is 10.0 Å². The van der Waals surface area contributed by atoms with E-state index in [1.54, 1.807) is 38.1 Å². The van der Waals surface area contributed by atoms with Crippen molar-refractivity contribution < 1.29 is 17.6 Å². The number of carbonyl (C=O) groups is 1. The van der Waals surface area contributed by atoms with Gasteiger partial charge in [0.05, 0.1) is 10.6 Å². The summed E-state index contributed by atoms with van der Waals surface area (Å²) in [5, 5.41) is 11.5. The number of hydrogen-bond acceptors (Lipinski definition) is 7. The Morgan fingerprint density at radius 3 is 2.59 bits per heavy atom. The lowest BCUT2D eigenvalue weighted by atomic mass is 10.2. The molecule has 0 saturated heterocycles. The fraction of sp³-hybridized carbons (Fsp3) is 0.286. The molecule has 3 rings (SSSR count). The molecule has 0 aliphatic rings. The standard InChI is InChI=1S/C21H23ClN4O4S2/c1-4-26(5-2)32(28,29)17-8-6-7-15(11-17)20-24-25-21(30-20)31-13-19(27)23-16-10-9-14(3)18(22)12-16/h6-12H,4-5,13H2,1-3H3,(H,23,27). The van der Waals surface area contributed by atoms with Crippen molar-refractivity contribution in [3.63, 3.8) is 0 Å². The number of carbonyl (C=O) groups excluding carboxylic acids is 1. The van der Waals surface area contributed by atoms with Crippen LogP contribution in [-0.4, -0.2) is 47.7 Å². The molecule has 0 radical (unpaired) electrons. The number of rotatable bonds is 9. The first-order chi connectivity index (χ1) is 15.2. The van der Waals surface area contributed by atoms with Gasteiger partial charge in [-0.25, -0.2) is 8.42 Å². The molecule has 1 aromatic heterocycles.